The lowest BCUT2D eigenvalue weighted by Gasteiger charge is -2.28. The van der Waals surface area contributed by atoms with Gasteiger partial charge in [0, 0.05) is 18.7 Å². The van der Waals surface area contributed by atoms with Gasteiger partial charge in [-0.15, -0.1) is 0 Å². The highest BCUT2D eigenvalue weighted by Crippen LogP contribution is 2.24. The quantitative estimate of drug-likeness (QED) is 0.609. The number of allylic oxidation sites excluding steroid dienone is 1. The SMILES string of the molecule is C=C1CC(C)=C(C#N)C(=O)N1CC. The van der Waals surface area contributed by atoms with E-state index in [1.807, 2.05) is 13.0 Å². The van der Waals surface area contributed by atoms with E-state index >= 15 is 0 Å². The van der Waals surface area contributed by atoms with Crippen molar-refractivity contribution in [2.24, 2.45) is 0 Å². The maximum atomic E-state index is 11.6. The van der Waals surface area contributed by atoms with E-state index < -0.39 is 0 Å². The number of carbonyl (C=O) groups excluding carboxylic acids is 1. The second-order valence-corrected chi connectivity index (χ2v) is 3.06. The topological polar surface area (TPSA) is 44.1 Å². The van der Waals surface area contributed by atoms with Gasteiger partial charge in [-0.3, -0.25) is 4.79 Å². The molecule has 1 amide bonds. The minimum absolute atomic E-state index is 0.209. The number of hydrogen-bond acceptors (Lipinski definition) is 2. The minimum Gasteiger partial charge on any atom is -0.312 e. The zero-order valence-electron chi connectivity index (χ0n) is 7.92. The van der Waals surface area contributed by atoms with Gasteiger partial charge < -0.3 is 4.90 Å². The molecule has 1 rings (SSSR count). The highest BCUT2D eigenvalue weighted by molar-refractivity contribution is 6.00. The molecular formula is C10H12N2O. The Morgan fingerprint density at radius 2 is 2.31 bits per heavy atom. The molecule has 3 heteroatoms. The molecule has 1 aliphatic rings. The van der Waals surface area contributed by atoms with Gasteiger partial charge >= 0.3 is 0 Å². The van der Waals surface area contributed by atoms with Crippen molar-refractivity contribution in [3.05, 3.63) is 23.4 Å². The van der Waals surface area contributed by atoms with Gasteiger partial charge in [0.05, 0.1) is 0 Å². The maximum Gasteiger partial charge on any atom is 0.268 e. The van der Waals surface area contributed by atoms with Crippen molar-refractivity contribution in [1.29, 1.82) is 5.26 Å². The molecule has 0 saturated heterocycles. The average molecular weight is 176 g/mol. The van der Waals surface area contributed by atoms with Gasteiger partial charge in [0.1, 0.15) is 11.6 Å². The van der Waals surface area contributed by atoms with Crippen molar-refractivity contribution in [3.63, 3.8) is 0 Å². The van der Waals surface area contributed by atoms with Crippen molar-refractivity contribution >= 4 is 5.91 Å². The molecule has 0 N–H and O–H groups in total. The molecule has 0 aromatic carbocycles. The molecule has 1 aliphatic heterocycles. The van der Waals surface area contributed by atoms with Gasteiger partial charge in [0.25, 0.3) is 5.91 Å². The first-order valence-corrected chi connectivity index (χ1v) is 4.21. The monoisotopic (exact) mass is 176 g/mol. The molecule has 0 unspecified atom stereocenters. The number of amides is 1. The van der Waals surface area contributed by atoms with Crippen LogP contribution in [0.25, 0.3) is 0 Å². The summed E-state index contributed by atoms with van der Waals surface area (Å²) in [7, 11) is 0. The number of nitriles is 1. The number of carbonyl (C=O) groups is 1. The fourth-order valence-corrected chi connectivity index (χ4v) is 1.46. The van der Waals surface area contributed by atoms with Gasteiger partial charge in [0.2, 0.25) is 0 Å². The second-order valence-electron chi connectivity index (χ2n) is 3.06. The molecule has 0 fully saturated rings. The van der Waals surface area contributed by atoms with Crippen molar-refractivity contribution in [3.8, 4) is 6.07 Å². The largest absolute Gasteiger partial charge is 0.312 e. The van der Waals surface area contributed by atoms with Crippen LogP contribution >= 0.6 is 0 Å². The molecule has 0 aliphatic carbocycles. The lowest BCUT2D eigenvalue weighted by Crippen LogP contribution is -2.34. The summed E-state index contributed by atoms with van der Waals surface area (Å²) in [5.41, 5.74) is 1.88. The molecule has 0 radical (unpaired) electrons. The van der Waals surface area contributed by atoms with Crippen molar-refractivity contribution < 1.29 is 4.79 Å². The molecule has 68 valence electrons. The first kappa shape index (κ1) is 9.53. The highest BCUT2D eigenvalue weighted by atomic mass is 16.2. The Hall–Kier alpha value is -1.56. The van der Waals surface area contributed by atoms with E-state index in [9.17, 15) is 4.79 Å². The van der Waals surface area contributed by atoms with Crippen LogP contribution in [0.1, 0.15) is 20.3 Å². The fraction of sp³-hybridized carbons (Fsp3) is 0.400. The van der Waals surface area contributed by atoms with E-state index in [0.29, 0.717) is 13.0 Å². The maximum absolute atomic E-state index is 11.6. The molecule has 13 heavy (non-hydrogen) atoms. The van der Waals surface area contributed by atoms with Gasteiger partial charge in [-0.25, -0.2) is 0 Å². The van der Waals surface area contributed by atoms with Crippen LogP contribution in [0.4, 0.5) is 0 Å². The average Bonchev–Trinajstić information content (AvgIpc) is 2.04. The van der Waals surface area contributed by atoms with Crippen molar-refractivity contribution in [1.82, 2.24) is 4.90 Å². The van der Waals surface area contributed by atoms with Crippen LogP contribution in [0, 0.1) is 11.3 Å². The number of hydrogen-bond donors (Lipinski definition) is 0. The lowest BCUT2D eigenvalue weighted by atomic mass is 9.99. The van der Waals surface area contributed by atoms with Crippen LogP contribution < -0.4 is 0 Å². The summed E-state index contributed by atoms with van der Waals surface area (Å²) in [6, 6.07) is 1.94. The summed E-state index contributed by atoms with van der Waals surface area (Å²) >= 11 is 0. The van der Waals surface area contributed by atoms with Crippen molar-refractivity contribution in [2.75, 3.05) is 6.54 Å². The third kappa shape index (κ3) is 1.48. The molecule has 0 saturated carbocycles. The van der Waals surface area contributed by atoms with E-state index in [1.54, 1.807) is 11.8 Å². The Kier molecular flexibility index (Phi) is 2.52. The Bertz CT molecular complexity index is 333. The summed E-state index contributed by atoms with van der Waals surface area (Å²) in [4.78, 5) is 13.1. The Morgan fingerprint density at radius 3 is 2.77 bits per heavy atom. The van der Waals surface area contributed by atoms with Crippen molar-refractivity contribution in [2.45, 2.75) is 20.3 Å². The first-order valence-electron chi connectivity index (χ1n) is 4.21. The number of likely N-dealkylation sites (N-methyl/N-ethyl adjacent to an activating group) is 1. The summed E-state index contributed by atoms with van der Waals surface area (Å²) in [5.74, 6) is -0.209. The molecule has 0 atom stereocenters. The minimum atomic E-state index is -0.209. The van der Waals surface area contributed by atoms with E-state index in [0.717, 1.165) is 11.3 Å². The van der Waals surface area contributed by atoms with Gasteiger partial charge in [0.15, 0.2) is 0 Å². The van der Waals surface area contributed by atoms with E-state index in [1.165, 1.54) is 0 Å². The standard InChI is InChI=1S/C10H12N2O/c1-4-12-8(3)5-7(2)9(6-11)10(12)13/h3-5H2,1-2H3. The summed E-state index contributed by atoms with van der Waals surface area (Å²) in [6.45, 7) is 8.05. The third-order valence-electron chi connectivity index (χ3n) is 2.16. The van der Waals surface area contributed by atoms with Gasteiger partial charge in [-0.2, -0.15) is 5.26 Å². The number of nitrogens with zero attached hydrogens (tertiary/aromatic N) is 2. The lowest BCUT2D eigenvalue weighted by molar-refractivity contribution is -0.125. The second kappa shape index (κ2) is 3.44. The van der Waals surface area contributed by atoms with Crippen LogP contribution in [0.3, 0.4) is 0 Å². The molecule has 0 bridgehead atoms. The molecule has 1 heterocycles. The summed E-state index contributed by atoms with van der Waals surface area (Å²) in [5, 5.41) is 8.75. The zero-order chi connectivity index (χ0) is 10.0. The Balaban J connectivity index is 3.12. The normalized spacial score (nSPS) is 17.8. The first-order chi connectivity index (χ1) is 6.11. The van der Waals surface area contributed by atoms with E-state index in [4.69, 9.17) is 5.26 Å². The van der Waals surface area contributed by atoms with E-state index in [2.05, 4.69) is 6.58 Å². The van der Waals surface area contributed by atoms with Crippen LogP contribution in [-0.2, 0) is 4.79 Å². The molecule has 0 aromatic rings. The predicted molar refractivity (Wildman–Crippen MR) is 49.5 cm³/mol. The fourth-order valence-electron chi connectivity index (χ4n) is 1.46. The van der Waals surface area contributed by atoms with Crippen LogP contribution in [-0.4, -0.2) is 17.4 Å². The van der Waals surface area contributed by atoms with Crippen LogP contribution in [0.15, 0.2) is 23.4 Å². The molecule has 3 nitrogen and oxygen atoms in total. The van der Waals surface area contributed by atoms with Gasteiger partial charge in [-0.05, 0) is 19.4 Å². The highest BCUT2D eigenvalue weighted by Gasteiger charge is 2.26. The third-order valence-corrected chi connectivity index (χ3v) is 2.16. The van der Waals surface area contributed by atoms with Gasteiger partial charge in [-0.1, -0.05) is 6.58 Å². The van der Waals surface area contributed by atoms with Crippen LogP contribution in [0.5, 0.6) is 0 Å². The molecule has 0 aromatic heterocycles. The molecule has 0 spiro atoms. The predicted octanol–water partition coefficient (Wildman–Crippen LogP) is 1.59. The van der Waals surface area contributed by atoms with Crippen LogP contribution in [0.2, 0.25) is 0 Å². The van der Waals surface area contributed by atoms with E-state index in [-0.39, 0.29) is 11.5 Å². The molecular weight excluding hydrogens is 164 g/mol. The summed E-state index contributed by atoms with van der Waals surface area (Å²) in [6.07, 6.45) is 0.627. The number of rotatable bonds is 1. The summed E-state index contributed by atoms with van der Waals surface area (Å²) < 4.78 is 0. The smallest absolute Gasteiger partial charge is 0.268 e. The zero-order valence-corrected chi connectivity index (χ0v) is 7.92. The Morgan fingerprint density at radius 1 is 1.69 bits per heavy atom. The Labute approximate surface area is 78.0 Å².